The number of phenolic OH excluding ortho intramolecular Hbond substituents is 1. The highest BCUT2D eigenvalue weighted by molar-refractivity contribution is 6.32. The Hall–Kier alpha value is -2.18. The second kappa shape index (κ2) is 5.64. The van der Waals surface area contributed by atoms with Crippen LogP contribution in [0.15, 0.2) is 42.5 Å². The van der Waals surface area contributed by atoms with Crippen LogP contribution in [0, 0.1) is 11.3 Å². The number of phenols is 1. The first-order valence-electron chi connectivity index (χ1n) is 5.85. The standard InChI is InChI=1S/C15H13ClN2O/c1-10(12-4-2-11(9-17)3-5-12)18-13-6-7-15(19)14(16)8-13/h2-8,10,18-19H,1H3. The van der Waals surface area contributed by atoms with E-state index in [4.69, 9.17) is 16.9 Å². The lowest BCUT2D eigenvalue weighted by molar-refractivity contribution is 0.475. The Bertz CT molecular complexity index is 617. The van der Waals surface area contributed by atoms with Crippen molar-refractivity contribution in [1.29, 1.82) is 5.26 Å². The van der Waals surface area contributed by atoms with Crippen molar-refractivity contribution in [2.45, 2.75) is 13.0 Å². The minimum atomic E-state index is 0.0678. The summed E-state index contributed by atoms with van der Waals surface area (Å²) in [7, 11) is 0. The molecule has 0 bridgehead atoms. The van der Waals surface area contributed by atoms with E-state index in [0.29, 0.717) is 10.6 Å². The lowest BCUT2D eigenvalue weighted by Crippen LogP contribution is -2.06. The van der Waals surface area contributed by atoms with Crippen molar-refractivity contribution >= 4 is 17.3 Å². The average molecular weight is 273 g/mol. The zero-order valence-corrected chi connectivity index (χ0v) is 11.1. The van der Waals surface area contributed by atoms with Gasteiger partial charge in [-0.05, 0) is 42.8 Å². The minimum Gasteiger partial charge on any atom is -0.506 e. The van der Waals surface area contributed by atoms with Crippen molar-refractivity contribution in [3.05, 3.63) is 58.6 Å². The molecule has 0 heterocycles. The van der Waals surface area contributed by atoms with Gasteiger partial charge in [-0.2, -0.15) is 5.26 Å². The molecular weight excluding hydrogens is 260 g/mol. The van der Waals surface area contributed by atoms with Gasteiger partial charge in [-0.1, -0.05) is 23.7 Å². The van der Waals surface area contributed by atoms with Gasteiger partial charge in [-0.3, -0.25) is 0 Å². The summed E-state index contributed by atoms with van der Waals surface area (Å²) in [6.07, 6.45) is 0. The third kappa shape index (κ3) is 3.18. The Morgan fingerprint density at radius 2 is 1.89 bits per heavy atom. The van der Waals surface area contributed by atoms with E-state index in [0.717, 1.165) is 11.3 Å². The fourth-order valence-corrected chi connectivity index (χ4v) is 1.96. The van der Waals surface area contributed by atoms with Gasteiger partial charge >= 0.3 is 0 Å². The maximum absolute atomic E-state index is 9.36. The molecule has 0 spiro atoms. The van der Waals surface area contributed by atoms with Crippen LogP contribution in [-0.2, 0) is 0 Å². The summed E-state index contributed by atoms with van der Waals surface area (Å²) in [4.78, 5) is 0. The Morgan fingerprint density at radius 3 is 2.47 bits per heavy atom. The number of rotatable bonds is 3. The maximum atomic E-state index is 9.36. The molecule has 0 aromatic heterocycles. The molecule has 0 amide bonds. The Kier molecular flexibility index (Phi) is 3.94. The van der Waals surface area contributed by atoms with E-state index in [1.165, 1.54) is 0 Å². The summed E-state index contributed by atoms with van der Waals surface area (Å²) in [5.41, 5.74) is 2.55. The van der Waals surface area contributed by atoms with Gasteiger partial charge in [0.15, 0.2) is 0 Å². The summed E-state index contributed by atoms with van der Waals surface area (Å²) in [5, 5.41) is 21.7. The topological polar surface area (TPSA) is 56.0 Å². The van der Waals surface area contributed by atoms with Crippen molar-refractivity contribution in [3.63, 3.8) is 0 Å². The maximum Gasteiger partial charge on any atom is 0.134 e. The van der Waals surface area contributed by atoms with Gasteiger partial charge < -0.3 is 10.4 Å². The fourth-order valence-electron chi connectivity index (χ4n) is 1.78. The highest BCUT2D eigenvalue weighted by atomic mass is 35.5. The number of aromatic hydroxyl groups is 1. The lowest BCUT2D eigenvalue weighted by atomic mass is 10.1. The van der Waals surface area contributed by atoms with Crippen molar-refractivity contribution in [2.24, 2.45) is 0 Å². The molecule has 0 aliphatic carbocycles. The number of nitrogens with zero attached hydrogens (tertiary/aromatic N) is 1. The van der Waals surface area contributed by atoms with Crippen LogP contribution in [0.4, 0.5) is 5.69 Å². The molecule has 2 N–H and O–H groups in total. The summed E-state index contributed by atoms with van der Waals surface area (Å²) in [6.45, 7) is 2.02. The molecule has 0 saturated carbocycles. The first-order chi connectivity index (χ1) is 9.10. The van der Waals surface area contributed by atoms with Crippen LogP contribution >= 0.6 is 11.6 Å². The molecule has 1 unspecified atom stereocenters. The summed E-state index contributed by atoms with van der Waals surface area (Å²) in [6, 6.07) is 14.6. The van der Waals surface area contributed by atoms with Crippen LogP contribution in [0.5, 0.6) is 5.75 Å². The van der Waals surface area contributed by atoms with Gasteiger partial charge in [0.25, 0.3) is 0 Å². The normalized spacial score (nSPS) is 11.6. The smallest absolute Gasteiger partial charge is 0.134 e. The molecule has 2 aromatic carbocycles. The highest BCUT2D eigenvalue weighted by Crippen LogP contribution is 2.28. The largest absolute Gasteiger partial charge is 0.506 e. The van der Waals surface area contributed by atoms with E-state index < -0.39 is 0 Å². The molecule has 0 aliphatic heterocycles. The molecule has 3 nitrogen and oxygen atoms in total. The van der Waals surface area contributed by atoms with Crippen molar-refractivity contribution in [3.8, 4) is 11.8 Å². The highest BCUT2D eigenvalue weighted by Gasteiger charge is 2.06. The van der Waals surface area contributed by atoms with Crippen molar-refractivity contribution < 1.29 is 5.11 Å². The van der Waals surface area contributed by atoms with Gasteiger partial charge in [0, 0.05) is 11.7 Å². The predicted octanol–water partition coefficient (Wildman–Crippen LogP) is 4.09. The second-order valence-corrected chi connectivity index (χ2v) is 4.67. The first kappa shape index (κ1) is 13.3. The van der Waals surface area contributed by atoms with Gasteiger partial charge in [0.2, 0.25) is 0 Å². The molecule has 0 fully saturated rings. The SMILES string of the molecule is CC(Nc1ccc(O)c(Cl)c1)c1ccc(C#N)cc1. The van der Waals surface area contributed by atoms with Crippen LogP contribution in [0.1, 0.15) is 24.1 Å². The van der Waals surface area contributed by atoms with Gasteiger partial charge in [-0.15, -0.1) is 0 Å². The van der Waals surface area contributed by atoms with E-state index in [1.54, 1.807) is 30.3 Å². The van der Waals surface area contributed by atoms with Crippen LogP contribution < -0.4 is 5.32 Å². The molecule has 19 heavy (non-hydrogen) atoms. The zero-order chi connectivity index (χ0) is 13.8. The molecular formula is C15H13ClN2O. The first-order valence-corrected chi connectivity index (χ1v) is 6.23. The van der Waals surface area contributed by atoms with E-state index in [-0.39, 0.29) is 11.8 Å². The van der Waals surface area contributed by atoms with Gasteiger partial charge in [0.1, 0.15) is 5.75 Å². The number of nitrogens with one attached hydrogen (secondary N) is 1. The molecule has 4 heteroatoms. The molecule has 1 atom stereocenters. The minimum absolute atomic E-state index is 0.0678. The van der Waals surface area contributed by atoms with Gasteiger partial charge in [0.05, 0.1) is 16.7 Å². The number of anilines is 1. The molecule has 2 rings (SSSR count). The van der Waals surface area contributed by atoms with Crippen molar-refractivity contribution in [1.82, 2.24) is 0 Å². The molecule has 96 valence electrons. The van der Waals surface area contributed by atoms with Crippen LogP contribution in [-0.4, -0.2) is 5.11 Å². The Morgan fingerprint density at radius 1 is 1.21 bits per heavy atom. The van der Waals surface area contributed by atoms with E-state index in [9.17, 15) is 5.11 Å². The van der Waals surface area contributed by atoms with Crippen molar-refractivity contribution in [2.75, 3.05) is 5.32 Å². The number of benzene rings is 2. The molecule has 0 radical (unpaired) electrons. The Labute approximate surface area is 117 Å². The monoisotopic (exact) mass is 272 g/mol. The van der Waals surface area contributed by atoms with Gasteiger partial charge in [-0.25, -0.2) is 0 Å². The third-order valence-corrected chi connectivity index (χ3v) is 3.17. The third-order valence-electron chi connectivity index (χ3n) is 2.87. The zero-order valence-electron chi connectivity index (χ0n) is 10.4. The number of hydrogen-bond donors (Lipinski definition) is 2. The number of hydrogen-bond acceptors (Lipinski definition) is 3. The second-order valence-electron chi connectivity index (χ2n) is 4.27. The van der Waals surface area contributed by atoms with Crippen LogP contribution in [0.2, 0.25) is 5.02 Å². The van der Waals surface area contributed by atoms with E-state index in [2.05, 4.69) is 11.4 Å². The molecule has 0 saturated heterocycles. The summed E-state index contributed by atoms with van der Waals surface area (Å²) in [5.74, 6) is 0.0678. The van der Waals surface area contributed by atoms with E-state index >= 15 is 0 Å². The quantitative estimate of drug-likeness (QED) is 0.828. The summed E-state index contributed by atoms with van der Waals surface area (Å²) >= 11 is 5.86. The van der Waals surface area contributed by atoms with E-state index in [1.807, 2.05) is 19.1 Å². The number of nitriles is 1. The predicted molar refractivity (Wildman–Crippen MR) is 76.3 cm³/mol. The van der Waals surface area contributed by atoms with Crippen LogP contribution in [0.25, 0.3) is 0 Å². The molecule has 0 aliphatic rings. The Balaban J connectivity index is 2.13. The summed E-state index contributed by atoms with van der Waals surface area (Å²) < 4.78 is 0. The molecule has 2 aromatic rings. The van der Waals surface area contributed by atoms with Crippen LogP contribution in [0.3, 0.4) is 0 Å². The average Bonchev–Trinajstić information content (AvgIpc) is 2.43. The number of halogens is 1. The lowest BCUT2D eigenvalue weighted by Gasteiger charge is -2.16. The fraction of sp³-hybridized carbons (Fsp3) is 0.133.